The van der Waals surface area contributed by atoms with E-state index >= 15 is 0 Å². The quantitative estimate of drug-likeness (QED) is 0.818. The molecule has 3 rings (SSSR count). The highest BCUT2D eigenvalue weighted by atomic mass is 16.5. The Balaban J connectivity index is 1.62. The topological polar surface area (TPSA) is 83.5 Å². The molecule has 1 N–H and O–H groups in total. The fourth-order valence-electron chi connectivity index (χ4n) is 2.72. The van der Waals surface area contributed by atoms with E-state index in [1.807, 2.05) is 30.3 Å². The van der Waals surface area contributed by atoms with E-state index < -0.39 is 0 Å². The minimum absolute atomic E-state index is 0.256. The molecule has 0 unspecified atom stereocenters. The van der Waals surface area contributed by atoms with Crippen LogP contribution >= 0.6 is 0 Å². The van der Waals surface area contributed by atoms with Crippen LogP contribution in [0, 0.1) is 11.3 Å². The number of benzene rings is 1. The maximum Gasteiger partial charge on any atom is 0.232 e. The second kappa shape index (κ2) is 9.04. The number of hydrogen-bond acceptors (Lipinski definition) is 7. The molecule has 0 aliphatic carbocycles. The molecule has 1 aliphatic rings. The lowest BCUT2D eigenvalue weighted by Crippen LogP contribution is -2.39. The van der Waals surface area contributed by atoms with Gasteiger partial charge in [0.15, 0.2) is 0 Å². The average molecular weight is 354 g/mol. The minimum Gasteiger partial charge on any atom is -0.496 e. The van der Waals surface area contributed by atoms with Crippen LogP contribution in [0.5, 0.6) is 5.75 Å². The number of methoxy groups -OCH3 is 1. The van der Waals surface area contributed by atoms with Crippen LogP contribution in [0.25, 0.3) is 12.2 Å². The maximum atomic E-state index is 9.26. The third-order valence-corrected chi connectivity index (χ3v) is 4.11. The zero-order chi connectivity index (χ0) is 18.2. The molecule has 136 valence electrons. The van der Waals surface area contributed by atoms with E-state index in [0.29, 0.717) is 18.3 Å². The molecule has 1 aromatic carbocycles. The van der Waals surface area contributed by atoms with E-state index in [9.17, 15) is 5.26 Å². The van der Waals surface area contributed by atoms with E-state index in [2.05, 4.69) is 21.3 Å². The molecule has 26 heavy (non-hydrogen) atoms. The Morgan fingerprint density at radius 2 is 2.12 bits per heavy atom. The van der Waals surface area contributed by atoms with Gasteiger partial charge in [-0.1, -0.05) is 18.2 Å². The van der Waals surface area contributed by atoms with Crippen molar-refractivity contribution in [3.8, 4) is 11.8 Å². The van der Waals surface area contributed by atoms with Crippen LogP contribution in [-0.4, -0.2) is 56.4 Å². The molecule has 0 spiro atoms. The van der Waals surface area contributed by atoms with Gasteiger partial charge in [0, 0.05) is 37.8 Å². The zero-order valence-electron chi connectivity index (χ0n) is 14.8. The van der Waals surface area contributed by atoms with Gasteiger partial charge in [0.2, 0.25) is 17.5 Å². The highest BCUT2D eigenvalue weighted by molar-refractivity contribution is 5.70. The summed E-state index contributed by atoms with van der Waals surface area (Å²) in [6.45, 7) is 4.93. The van der Waals surface area contributed by atoms with Gasteiger partial charge in [0.05, 0.1) is 20.3 Å². The third kappa shape index (κ3) is 4.63. The molecule has 2 aromatic rings. The second-order valence-corrected chi connectivity index (χ2v) is 5.80. The van der Waals surface area contributed by atoms with Crippen molar-refractivity contribution in [3.05, 3.63) is 41.4 Å². The van der Waals surface area contributed by atoms with Crippen molar-refractivity contribution < 1.29 is 13.9 Å². The van der Waals surface area contributed by atoms with Gasteiger partial charge >= 0.3 is 0 Å². The smallest absolute Gasteiger partial charge is 0.232 e. The van der Waals surface area contributed by atoms with Crippen molar-refractivity contribution in [2.24, 2.45) is 0 Å². The Bertz CT molecular complexity index is 788. The van der Waals surface area contributed by atoms with Crippen LogP contribution in [0.15, 0.2) is 28.7 Å². The van der Waals surface area contributed by atoms with E-state index in [1.54, 1.807) is 13.2 Å². The molecule has 2 heterocycles. The third-order valence-electron chi connectivity index (χ3n) is 4.11. The number of anilines is 1. The number of ether oxygens (including phenoxy) is 2. The molecule has 0 radical (unpaired) electrons. The van der Waals surface area contributed by atoms with Gasteiger partial charge in [0.1, 0.15) is 11.8 Å². The lowest BCUT2D eigenvalue weighted by molar-refractivity contribution is 0.0398. The Kier molecular flexibility index (Phi) is 6.25. The lowest BCUT2D eigenvalue weighted by Gasteiger charge is -2.26. The first-order valence-corrected chi connectivity index (χ1v) is 8.56. The van der Waals surface area contributed by atoms with Gasteiger partial charge in [-0.25, -0.2) is 0 Å². The van der Waals surface area contributed by atoms with E-state index in [0.717, 1.165) is 44.2 Å². The van der Waals surface area contributed by atoms with E-state index in [-0.39, 0.29) is 5.69 Å². The molecule has 7 heteroatoms. The Morgan fingerprint density at radius 3 is 2.88 bits per heavy atom. The van der Waals surface area contributed by atoms with Crippen molar-refractivity contribution in [3.63, 3.8) is 0 Å². The summed E-state index contributed by atoms with van der Waals surface area (Å²) in [5, 5.41) is 12.4. The molecule has 1 aromatic heterocycles. The second-order valence-electron chi connectivity index (χ2n) is 5.80. The maximum absolute atomic E-state index is 9.26. The van der Waals surface area contributed by atoms with Gasteiger partial charge < -0.3 is 19.2 Å². The number of oxazole rings is 1. The van der Waals surface area contributed by atoms with Gasteiger partial charge in [-0.05, 0) is 12.1 Å². The van der Waals surface area contributed by atoms with Gasteiger partial charge in [-0.3, -0.25) is 4.90 Å². The fraction of sp³-hybridized carbons (Fsp3) is 0.368. The predicted octanol–water partition coefficient (Wildman–Crippen LogP) is 2.47. The molecule has 7 nitrogen and oxygen atoms in total. The predicted molar refractivity (Wildman–Crippen MR) is 98.9 cm³/mol. The number of nitrogens with zero attached hydrogens (tertiary/aromatic N) is 3. The largest absolute Gasteiger partial charge is 0.496 e. The van der Waals surface area contributed by atoms with Crippen LogP contribution in [-0.2, 0) is 4.74 Å². The Labute approximate surface area is 152 Å². The van der Waals surface area contributed by atoms with E-state index in [1.165, 1.54) is 0 Å². The van der Waals surface area contributed by atoms with Crippen molar-refractivity contribution in [1.82, 2.24) is 9.88 Å². The number of nitrogens with one attached hydrogen (secondary N) is 1. The lowest BCUT2D eigenvalue weighted by atomic mass is 10.2. The van der Waals surface area contributed by atoms with Crippen molar-refractivity contribution >= 4 is 18.0 Å². The van der Waals surface area contributed by atoms with E-state index in [4.69, 9.17) is 13.9 Å². The van der Waals surface area contributed by atoms with Crippen LogP contribution in [0.2, 0.25) is 0 Å². The molecule has 0 bridgehead atoms. The summed E-state index contributed by atoms with van der Waals surface area (Å²) in [5.41, 5.74) is 1.17. The fourth-order valence-corrected chi connectivity index (χ4v) is 2.72. The van der Waals surface area contributed by atoms with Crippen molar-refractivity contribution in [1.29, 1.82) is 5.26 Å². The number of nitriles is 1. The van der Waals surface area contributed by atoms with Crippen molar-refractivity contribution in [2.75, 3.05) is 51.8 Å². The highest BCUT2D eigenvalue weighted by Crippen LogP contribution is 2.22. The Hall–Kier alpha value is -2.82. The number of hydrogen-bond donors (Lipinski definition) is 1. The average Bonchev–Trinajstić information content (AvgIpc) is 3.09. The Morgan fingerprint density at radius 1 is 1.31 bits per heavy atom. The molecule has 1 fully saturated rings. The zero-order valence-corrected chi connectivity index (χ0v) is 14.8. The van der Waals surface area contributed by atoms with Crippen LogP contribution in [0.4, 0.5) is 5.88 Å². The normalized spacial score (nSPS) is 15.1. The summed E-state index contributed by atoms with van der Waals surface area (Å²) < 4.78 is 16.3. The first-order chi connectivity index (χ1) is 12.8. The van der Waals surface area contributed by atoms with Gasteiger partial charge in [-0.15, -0.1) is 0 Å². The number of aromatic nitrogens is 1. The molecule has 1 aliphatic heterocycles. The monoisotopic (exact) mass is 354 g/mol. The molecular formula is C19H22N4O3. The number of para-hydroxylation sites is 1. The summed E-state index contributed by atoms with van der Waals surface area (Å²) in [7, 11) is 1.63. The van der Waals surface area contributed by atoms with Crippen LogP contribution < -0.4 is 10.1 Å². The molecule has 1 saturated heterocycles. The number of morpholine rings is 1. The summed E-state index contributed by atoms with van der Waals surface area (Å²) in [4.78, 5) is 6.52. The highest BCUT2D eigenvalue weighted by Gasteiger charge is 2.13. The standard InChI is InChI=1S/C19H22N4O3/c1-24-17-5-3-2-4-15(17)6-7-18-22-16(14-20)19(26-18)21-8-9-23-10-12-25-13-11-23/h2-7,21H,8-13H2,1H3. The summed E-state index contributed by atoms with van der Waals surface area (Å²) in [6, 6.07) is 9.72. The van der Waals surface area contributed by atoms with Crippen LogP contribution in [0.3, 0.4) is 0 Å². The molecule has 0 saturated carbocycles. The first kappa shape index (κ1) is 18.0. The van der Waals surface area contributed by atoms with Crippen LogP contribution in [0.1, 0.15) is 17.1 Å². The summed E-state index contributed by atoms with van der Waals surface area (Å²) in [5.74, 6) is 1.54. The van der Waals surface area contributed by atoms with Gasteiger partial charge in [0.25, 0.3) is 0 Å². The minimum atomic E-state index is 0.256. The van der Waals surface area contributed by atoms with Crippen molar-refractivity contribution in [2.45, 2.75) is 0 Å². The molecule has 0 atom stereocenters. The first-order valence-electron chi connectivity index (χ1n) is 8.56. The summed E-state index contributed by atoms with van der Waals surface area (Å²) >= 11 is 0. The molecule has 0 amide bonds. The SMILES string of the molecule is COc1ccccc1C=Cc1nc(C#N)c(NCCN2CCOCC2)o1. The van der Waals surface area contributed by atoms with Gasteiger partial charge in [-0.2, -0.15) is 10.2 Å². The molecular weight excluding hydrogens is 332 g/mol. The summed E-state index contributed by atoms with van der Waals surface area (Å²) in [6.07, 6.45) is 3.58. The number of rotatable bonds is 7.